The Bertz CT molecular complexity index is 8140. The minimum atomic E-state index is -1.53. The van der Waals surface area contributed by atoms with Crippen molar-refractivity contribution in [3.05, 3.63) is 365 Å². The molecule has 8 aromatic heterocycles. The van der Waals surface area contributed by atoms with Gasteiger partial charge in [0.1, 0.15) is 89.3 Å². The number of benzene rings is 18. The van der Waals surface area contributed by atoms with Crippen molar-refractivity contribution >= 4 is 236 Å². The molecule has 0 aliphatic carbocycles. The third-order valence-electron chi connectivity index (χ3n) is 23.8. The summed E-state index contributed by atoms with van der Waals surface area (Å²) in [6.45, 7) is 0. The largest absolute Gasteiger partial charge is 0.488 e. The average molecular weight is 1770 g/mol. The van der Waals surface area contributed by atoms with E-state index in [0.717, 1.165) is 261 Å². The zero-order valence-electron chi connectivity index (χ0n) is 64.4. The number of rotatable bonds is 8. The van der Waals surface area contributed by atoms with E-state index < -0.39 is 7.12 Å². The zero-order valence-corrected chi connectivity index (χ0v) is 69.1. The number of fused-ring (bicyclic) bond motifs is 28. The Morgan fingerprint density at radius 3 is 0.525 bits per heavy atom. The second kappa shape index (κ2) is 28.5. The van der Waals surface area contributed by atoms with Crippen LogP contribution in [-0.2, 0) is 0 Å². The van der Waals surface area contributed by atoms with Crippen LogP contribution in [0.15, 0.2) is 401 Å². The fourth-order valence-corrected chi connectivity index (χ4v) is 20.5. The fraction of sp³-hybridized carbons (Fsp3) is 0. The number of furan rings is 8. The molecule has 10 nitrogen and oxygen atoms in total. The Labute approximate surface area is 718 Å². The number of hydrogen-bond acceptors (Lipinski definition) is 10. The molecule has 26 aromatic rings. The van der Waals surface area contributed by atoms with Gasteiger partial charge in [-0.25, -0.2) is 0 Å². The average Bonchev–Trinajstić information content (AvgIpc) is 1.58. The molecule has 0 saturated carbocycles. The second-order valence-electron chi connectivity index (χ2n) is 31.0. The second-order valence-corrected chi connectivity index (χ2v) is 33.8. The van der Waals surface area contributed by atoms with Crippen LogP contribution in [0.4, 0.5) is 0 Å². The highest BCUT2D eigenvalue weighted by Gasteiger charge is 2.25. The molecule has 0 unspecified atom stereocenters. The standard InChI is InChI=1S/C78H42O6.C24H15BO4.C6H3Br3/c1-4-10-43(11-5-1)46-16-22-61-55(37-46)73-67(79-61)28-31-70-76(73)58-40-49(19-25-64(58)82-70)52-34-53(50-20-26-65-59(41-50)77-71(83-65)32-29-68-74(77)56-38-47(17-23-62(56)80-68)44-12-6-2-7-13-44)36-54(35-52)51-21-27-66-60(42-51)78-72(84-66)33-30-69-75(78)57-39-48(18-24-63(57)81-69)45-14-8-3-9-15-45;26-25(27)16-7-9-20-18(13-16)24-22(29-20)11-10-21-23(24)17-12-15(6-8-19(17)28-21)14-4-2-1-3-5-14;7-4-1-5(8)3-6(9)2-4/h1-42H;1-13,26-27H;1-3H. The molecule has 0 bridgehead atoms. The first kappa shape index (κ1) is 71.9. The van der Waals surface area contributed by atoms with Gasteiger partial charge in [-0.1, -0.05) is 224 Å². The molecule has 26 rings (SSSR count). The maximum absolute atomic E-state index is 9.61. The Hall–Kier alpha value is -14.2. The quantitative estimate of drug-likeness (QED) is 0.141. The van der Waals surface area contributed by atoms with Crippen molar-refractivity contribution in [2.45, 2.75) is 0 Å². The van der Waals surface area contributed by atoms with Crippen LogP contribution in [0.1, 0.15) is 0 Å². The summed E-state index contributed by atoms with van der Waals surface area (Å²) in [4.78, 5) is 0. The van der Waals surface area contributed by atoms with E-state index >= 15 is 0 Å². The molecule has 0 amide bonds. The highest BCUT2D eigenvalue weighted by molar-refractivity contribution is 9.11. The summed E-state index contributed by atoms with van der Waals surface area (Å²) in [5.74, 6) is 0. The van der Waals surface area contributed by atoms with Crippen LogP contribution in [-0.4, -0.2) is 17.2 Å². The fourth-order valence-electron chi connectivity index (χ4n) is 18.1. The van der Waals surface area contributed by atoms with Gasteiger partial charge in [-0.15, -0.1) is 0 Å². The van der Waals surface area contributed by atoms with Crippen molar-refractivity contribution in [2.75, 3.05) is 0 Å². The summed E-state index contributed by atoms with van der Waals surface area (Å²) in [6, 6.07) is 121. The summed E-state index contributed by atoms with van der Waals surface area (Å²) in [5.41, 5.74) is 28.7. The highest BCUT2D eigenvalue weighted by Crippen LogP contribution is 2.49. The summed E-state index contributed by atoms with van der Waals surface area (Å²) in [7, 11) is -1.53. The van der Waals surface area contributed by atoms with Crippen LogP contribution in [0, 0.1) is 0 Å². The molecular weight excluding hydrogens is 1710 g/mol. The van der Waals surface area contributed by atoms with Gasteiger partial charge >= 0.3 is 7.12 Å². The predicted octanol–water partition coefficient (Wildman–Crippen LogP) is 31.9. The lowest BCUT2D eigenvalue weighted by molar-refractivity contribution is 0.426. The molecule has 14 heteroatoms. The lowest BCUT2D eigenvalue weighted by Gasteiger charge is -2.12. The minimum Gasteiger partial charge on any atom is -0.456 e. The summed E-state index contributed by atoms with van der Waals surface area (Å²) in [6.07, 6.45) is 0. The van der Waals surface area contributed by atoms with Crippen molar-refractivity contribution in [3.8, 4) is 77.9 Å². The minimum absolute atomic E-state index is 0.426. The Morgan fingerprint density at radius 2 is 0.328 bits per heavy atom. The number of halogens is 3. The lowest BCUT2D eigenvalue weighted by atomic mass is 9.80. The van der Waals surface area contributed by atoms with Gasteiger partial charge in [0.25, 0.3) is 0 Å². The molecule has 0 spiro atoms. The molecule has 0 atom stereocenters. The van der Waals surface area contributed by atoms with Crippen molar-refractivity contribution in [3.63, 3.8) is 0 Å². The van der Waals surface area contributed by atoms with Gasteiger partial charge in [0.15, 0.2) is 0 Å². The van der Waals surface area contributed by atoms with E-state index in [0.29, 0.717) is 11.0 Å². The Balaban J connectivity index is 0.000000182. The highest BCUT2D eigenvalue weighted by atomic mass is 79.9. The molecule has 2 N–H and O–H groups in total. The summed E-state index contributed by atoms with van der Waals surface area (Å²) in [5, 5.41) is 35.4. The van der Waals surface area contributed by atoms with Crippen LogP contribution >= 0.6 is 47.8 Å². The lowest BCUT2D eigenvalue weighted by Crippen LogP contribution is -2.29. The van der Waals surface area contributed by atoms with Gasteiger partial charge in [0.05, 0.1) is 0 Å². The first-order valence-corrected chi connectivity index (χ1v) is 42.4. The van der Waals surface area contributed by atoms with E-state index in [2.05, 4.69) is 290 Å². The van der Waals surface area contributed by atoms with E-state index in [1.165, 1.54) is 0 Å². The first-order chi connectivity index (χ1) is 59.9. The van der Waals surface area contributed by atoms with Gasteiger partial charge < -0.3 is 45.4 Å². The van der Waals surface area contributed by atoms with Crippen LogP contribution < -0.4 is 5.46 Å². The first-order valence-electron chi connectivity index (χ1n) is 40.0. The van der Waals surface area contributed by atoms with Crippen LogP contribution in [0.5, 0.6) is 0 Å². The van der Waals surface area contributed by atoms with E-state index in [9.17, 15) is 10.0 Å². The van der Waals surface area contributed by atoms with Gasteiger partial charge in [-0.2, -0.15) is 0 Å². The van der Waals surface area contributed by atoms with Crippen LogP contribution in [0.25, 0.3) is 253 Å². The Morgan fingerprint density at radius 1 is 0.156 bits per heavy atom. The molecule has 0 saturated heterocycles. The monoisotopic (exact) mass is 1760 g/mol. The van der Waals surface area contributed by atoms with E-state index in [1.54, 1.807) is 18.2 Å². The summed E-state index contributed by atoms with van der Waals surface area (Å²) >= 11 is 10.1. The zero-order chi connectivity index (χ0) is 81.1. The maximum Gasteiger partial charge on any atom is 0.488 e. The topological polar surface area (TPSA) is 146 Å². The van der Waals surface area contributed by atoms with Gasteiger partial charge in [0, 0.05) is 99.6 Å². The Kier molecular flexibility index (Phi) is 16.8. The molecule has 18 aromatic carbocycles. The third kappa shape index (κ3) is 12.1. The van der Waals surface area contributed by atoms with Crippen molar-refractivity contribution < 1.29 is 45.4 Å². The molecule has 0 aliphatic heterocycles. The van der Waals surface area contributed by atoms with Crippen molar-refractivity contribution in [1.29, 1.82) is 0 Å². The predicted molar refractivity (Wildman–Crippen MR) is 509 cm³/mol. The molecule has 8 heterocycles. The smallest absolute Gasteiger partial charge is 0.456 e. The molecule has 0 radical (unpaired) electrons. The van der Waals surface area contributed by atoms with Crippen molar-refractivity contribution in [2.24, 2.45) is 0 Å². The molecule has 0 aliphatic rings. The van der Waals surface area contributed by atoms with E-state index in [1.807, 2.05) is 91.0 Å². The van der Waals surface area contributed by atoms with E-state index in [4.69, 9.17) is 35.3 Å². The number of hydrogen-bond donors (Lipinski definition) is 2. The molecule has 576 valence electrons. The molecular formula is C108H60BBr3O10. The van der Waals surface area contributed by atoms with Gasteiger partial charge in [-0.05, 0) is 259 Å². The molecule has 122 heavy (non-hydrogen) atoms. The SMILES string of the molecule is Brc1cc(Br)cc(Br)c1.OB(O)c1ccc2oc3ccc4oc5ccc(-c6ccccc6)cc5c4c3c2c1.c1ccc(-c2ccc3oc4ccc5oc6ccc(-c7cc(-c8ccc9oc%10ccc%11oc%12ccc(-c%13ccccc%13)cc%12c%11c%10c9c8)cc(-c8ccc9oc%10ccc%11oc%12ccc(-c%13ccccc%13)cc%12c%11c%10c9c8)c7)cc6c5c4c3c2)cc1. The third-order valence-corrected chi connectivity index (χ3v) is 25.2. The summed E-state index contributed by atoms with van der Waals surface area (Å²) < 4.78 is 55.2. The van der Waals surface area contributed by atoms with Crippen molar-refractivity contribution in [1.82, 2.24) is 0 Å². The normalized spacial score (nSPS) is 12.0. The van der Waals surface area contributed by atoms with E-state index in [-0.39, 0.29) is 0 Å². The maximum atomic E-state index is 9.61. The molecule has 0 fully saturated rings. The van der Waals surface area contributed by atoms with Gasteiger partial charge in [-0.3, -0.25) is 0 Å². The van der Waals surface area contributed by atoms with Gasteiger partial charge in [0.2, 0.25) is 0 Å². The van der Waals surface area contributed by atoms with Crippen LogP contribution in [0.2, 0.25) is 0 Å². The van der Waals surface area contributed by atoms with Crippen LogP contribution in [0.3, 0.4) is 0 Å².